The molecular formula is C18H32N4O4S2. The van der Waals surface area contributed by atoms with Crippen LogP contribution in [0.5, 0.6) is 0 Å². The second-order valence-corrected chi connectivity index (χ2v) is 7.69. The summed E-state index contributed by atoms with van der Waals surface area (Å²) in [6.45, 7) is 12.2. The van der Waals surface area contributed by atoms with Crippen LogP contribution in [0, 0.1) is 0 Å². The number of hydrogen-bond donors (Lipinski definition) is 0. The van der Waals surface area contributed by atoms with Crippen molar-refractivity contribution in [2.24, 2.45) is 0 Å². The van der Waals surface area contributed by atoms with Crippen molar-refractivity contribution in [2.75, 3.05) is 105 Å². The number of fused-ring (bicyclic) bond motifs is 4. The highest BCUT2D eigenvalue weighted by atomic mass is 32.1. The zero-order chi connectivity index (χ0) is 19.6. The molecule has 3 aliphatic heterocycles. The fraction of sp³-hybridized carbons (Fsp3) is 0.889. The monoisotopic (exact) mass is 432 g/mol. The number of thiocarbonyl (C=S) groups is 2. The Hall–Kier alpha value is -0.780. The van der Waals surface area contributed by atoms with Crippen LogP contribution in [0.2, 0.25) is 0 Å². The number of hydrogen-bond acceptors (Lipinski definition) is 6. The third kappa shape index (κ3) is 6.64. The van der Waals surface area contributed by atoms with Gasteiger partial charge < -0.3 is 38.5 Å². The molecule has 3 aliphatic rings. The summed E-state index contributed by atoms with van der Waals surface area (Å²) in [4.78, 5) is 8.80. The van der Waals surface area contributed by atoms with Crippen molar-refractivity contribution in [1.82, 2.24) is 19.6 Å². The van der Waals surface area contributed by atoms with Gasteiger partial charge in [0.2, 0.25) is 0 Å². The Labute approximate surface area is 178 Å². The van der Waals surface area contributed by atoms with E-state index in [1.807, 2.05) is 0 Å². The van der Waals surface area contributed by atoms with Crippen molar-refractivity contribution < 1.29 is 18.9 Å². The maximum absolute atomic E-state index is 5.70. The Morgan fingerprint density at radius 1 is 0.393 bits per heavy atom. The van der Waals surface area contributed by atoms with Crippen molar-refractivity contribution in [3.05, 3.63) is 0 Å². The maximum atomic E-state index is 5.70. The standard InChI is InChI=1S/C18H32N4O4S2/c27-17-19-1-2-20(17)6-10-24-15-16-26-12-8-22-4-3-21(18(22)28)7-11-25-14-13-23-9-5-19/h1-16H2. The molecule has 28 heavy (non-hydrogen) atoms. The molecule has 0 aliphatic carbocycles. The smallest absolute Gasteiger partial charge is 0.171 e. The second-order valence-electron chi connectivity index (χ2n) is 6.96. The van der Waals surface area contributed by atoms with Gasteiger partial charge in [0.25, 0.3) is 0 Å². The fourth-order valence-corrected chi connectivity index (χ4v) is 4.17. The highest BCUT2D eigenvalue weighted by Crippen LogP contribution is 2.09. The van der Waals surface area contributed by atoms with Gasteiger partial charge in [0.05, 0.1) is 52.9 Å². The fourth-order valence-electron chi connectivity index (χ4n) is 3.44. The minimum Gasteiger partial charge on any atom is -0.377 e. The van der Waals surface area contributed by atoms with Gasteiger partial charge in [-0.05, 0) is 24.4 Å². The van der Waals surface area contributed by atoms with Crippen LogP contribution in [0.15, 0.2) is 0 Å². The minimum absolute atomic E-state index is 0.603. The van der Waals surface area contributed by atoms with E-state index < -0.39 is 0 Å². The number of ether oxygens (including phenoxy) is 4. The molecule has 3 heterocycles. The van der Waals surface area contributed by atoms with Gasteiger partial charge >= 0.3 is 0 Å². The minimum atomic E-state index is 0.603. The van der Waals surface area contributed by atoms with Crippen LogP contribution in [0.4, 0.5) is 0 Å². The molecule has 3 rings (SSSR count). The van der Waals surface area contributed by atoms with Crippen molar-refractivity contribution >= 4 is 34.7 Å². The third-order valence-corrected chi connectivity index (χ3v) is 6.16. The zero-order valence-electron chi connectivity index (χ0n) is 16.6. The van der Waals surface area contributed by atoms with Gasteiger partial charge in [-0.2, -0.15) is 0 Å². The first-order valence-corrected chi connectivity index (χ1v) is 11.0. The molecule has 3 saturated heterocycles. The summed E-state index contributed by atoms with van der Waals surface area (Å²) in [5.41, 5.74) is 0. The van der Waals surface area contributed by atoms with E-state index in [0.717, 1.165) is 62.6 Å². The lowest BCUT2D eigenvalue weighted by molar-refractivity contribution is 0.0402. The molecule has 10 heteroatoms. The maximum Gasteiger partial charge on any atom is 0.171 e. The second kappa shape index (κ2) is 12.0. The lowest BCUT2D eigenvalue weighted by atomic mass is 10.5. The van der Waals surface area contributed by atoms with E-state index >= 15 is 0 Å². The molecule has 0 saturated carbocycles. The highest BCUT2D eigenvalue weighted by molar-refractivity contribution is 7.80. The summed E-state index contributed by atoms with van der Waals surface area (Å²) in [5.74, 6) is 0. The van der Waals surface area contributed by atoms with E-state index in [2.05, 4.69) is 19.6 Å². The Morgan fingerprint density at radius 3 is 0.893 bits per heavy atom. The van der Waals surface area contributed by atoms with Gasteiger partial charge in [0, 0.05) is 52.4 Å². The molecule has 0 spiro atoms. The van der Waals surface area contributed by atoms with Crippen molar-refractivity contribution in [1.29, 1.82) is 0 Å². The predicted octanol–water partition coefficient (Wildman–Crippen LogP) is -0.129. The molecule has 0 atom stereocenters. The average Bonchev–Trinajstić information content (AvgIpc) is 3.22. The molecule has 4 bridgehead atoms. The van der Waals surface area contributed by atoms with Crippen LogP contribution in [0.1, 0.15) is 0 Å². The molecule has 0 aromatic rings. The Balaban J connectivity index is 1.41. The lowest BCUT2D eigenvalue weighted by Crippen LogP contribution is -2.36. The molecule has 0 aromatic heterocycles. The van der Waals surface area contributed by atoms with Crippen LogP contribution in [-0.2, 0) is 18.9 Å². The molecule has 0 aromatic carbocycles. The summed E-state index contributed by atoms with van der Waals surface area (Å²) < 4.78 is 22.8. The van der Waals surface area contributed by atoms with Crippen LogP contribution >= 0.6 is 24.4 Å². The molecule has 0 amide bonds. The topological polar surface area (TPSA) is 49.9 Å². The summed E-state index contributed by atoms with van der Waals surface area (Å²) in [5, 5.41) is 1.80. The van der Waals surface area contributed by atoms with Crippen LogP contribution in [-0.4, -0.2) is 135 Å². The first-order valence-electron chi connectivity index (χ1n) is 10.1. The first-order chi connectivity index (χ1) is 13.8. The Bertz CT molecular complexity index is 430. The van der Waals surface area contributed by atoms with Crippen molar-refractivity contribution in [3.8, 4) is 0 Å². The molecule has 8 nitrogen and oxygen atoms in total. The summed E-state index contributed by atoms with van der Waals surface area (Å²) in [6.07, 6.45) is 0. The Morgan fingerprint density at radius 2 is 0.643 bits per heavy atom. The van der Waals surface area contributed by atoms with Gasteiger partial charge in [-0.25, -0.2) is 0 Å². The highest BCUT2D eigenvalue weighted by Gasteiger charge is 2.25. The molecule has 0 N–H and O–H groups in total. The van der Waals surface area contributed by atoms with E-state index in [1.165, 1.54) is 0 Å². The first kappa shape index (κ1) is 21.9. The van der Waals surface area contributed by atoms with Gasteiger partial charge in [-0.3, -0.25) is 0 Å². The number of nitrogens with zero attached hydrogens (tertiary/aromatic N) is 4. The molecule has 0 radical (unpaired) electrons. The zero-order valence-corrected chi connectivity index (χ0v) is 18.2. The molecule has 0 unspecified atom stereocenters. The largest absolute Gasteiger partial charge is 0.377 e. The van der Waals surface area contributed by atoms with Gasteiger partial charge in [0.1, 0.15) is 0 Å². The van der Waals surface area contributed by atoms with Gasteiger partial charge in [0.15, 0.2) is 10.2 Å². The molecule has 3 fully saturated rings. The number of rotatable bonds is 0. The quantitative estimate of drug-likeness (QED) is 0.484. The van der Waals surface area contributed by atoms with E-state index in [-0.39, 0.29) is 0 Å². The van der Waals surface area contributed by atoms with E-state index in [0.29, 0.717) is 52.9 Å². The predicted molar refractivity (Wildman–Crippen MR) is 115 cm³/mol. The average molecular weight is 433 g/mol. The normalized spacial score (nSPS) is 25.0. The van der Waals surface area contributed by atoms with Gasteiger partial charge in [-0.15, -0.1) is 0 Å². The molecular weight excluding hydrogens is 400 g/mol. The van der Waals surface area contributed by atoms with Crippen LogP contribution in [0.3, 0.4) is 0 Å². The van der Waals surface area contributed by atoms with E-state index in [4.69, 9.17) is 43.4 Å². The van der Waals surface area contributed by atoms with Crippen molar-refractivity contribution in [3.63, 3.8) is 0 Å². The third-order valence-electron chi connectivity index (χ3n) is 5.13. The van der Waals surface area contributed by atoms with E-state index in [1.54, 1.807) is 0 Å². The van der Waals surface area contributed by atoms with E-state index in [9.17, 15) is 0 Å². The SMILES string of the molecule is S=C1N2CCOCCOCCN3CCN(CCOCCOCCN1CC2)C3=S. The summed E-state index contributed by atoms with van der Waals surface area (Å²) >= 11 is 11.1. The molecule has 160 valence electrons. The van der Waals surface area contributed by atoms with Crippen LogP contribution < -0.4 is 0 Å². The van der Waals surface area contributed by atoms with Gasteiger partial charge in [-0.1, -0.05) is 0 Å². The summed E-state index contributed by atoms with van der Waals surface area (Å²) in [6, 6.07) is 0. The Kier molecular flexibility index (Phi) is 9.42. The lowest BCUT2D eigenvalue weighted by Gasteiger charge is -2.22. The van der Waals surface area contributed by atoms with Crippen LogP contribution in [0.25, 0.3) is 0 Å². The summed E-state index contributed by atoms with van der Waals surface area (Å²) in [7, 11) is 0. The van der Waals surface area contributed by atoms with Crippen molar-refractivity contribution in [2.45, 2.75) is 0 Å².